The van der Waals surface area contributed by atoms with Crippen molar-refractivity contribution in [2.75, 3.05) is 20.8 Å². The molecule has 4 aliphatic rings. The summed E-state index contributed by atoms with van der Waals surface area (Å²) < 4.78 is 72.3. The standard InChI is InChI=1S/C36H40O10S2/c1-4-46-32(37)28-19-27-26(30-20-35(21-31(28)30,33(38)44-2)34(39)45-3)16-15-23-17-18-36(22-29(23)27,47(40,41)24-11-7-5-8-12-24)48(42,43)25-13-9-6-10-14-25/h5-14,17,28-31H,4,15-16,18-22H2,1-3H3/t28-,29+,30-,31+/m1/s1. The average Bonchev–Trinajstić information content (AvgIpc) is 3.53. The molecule has 2 aromatic carbocycles. The van der Waals surface area contributed by atoms with E-state index < -0.39 is 70.7 Å². The molecule has 1 saturated carbocycles. The quantitative estimate of drug-likeness (QED) is 0.160. The van der Waals surface area contributed by atoms with Crippen molar-refractivity contribution in [3.8, 4) is 0 Å². The number of hydrogen-bond acceptors (Lipinski definition) is 10. The predicted octanol–water partition coefficient (Wildman–Crippen LogP) is 5.00. The molecule has 256 valence electrons. The monoisotopic (exact) mass is 696 g/mol. The first-order valence-electron chi connectivity index (χ1n) is 16.2. The van der Waals surface area contributed by atoms with Crippen LogP contribution in [-0.4, -0.2) is 59.6 Å². The Labute approximate surface area is 281 Å². The molecule has 2 aromatic rings. The van der Waals surface area contributed by atoms with Crippen molar-refractivity contribution in [2.24, 2.45) is 29.1 Å². The van der Waals surface area contributed by atoms with Gasteiger partial charge in [0.1, 0.15) is 0 Å². The highest BCUT2D eigenvalue weighted by atomic mass is 32.3. The molecule has 4 aliphatic carbocycles. The minimum absolute atomic E-state index is 0.0410. The fraction of sp³-hybridized carbons (Fsp3) is 0.472. The van der Waals surface area contributed by atoms with Crippen LogP contribution in [0.3, 0.4) is 0 Å². The number of ether oxygens (including phenoxy) is 3. The maximum absolute atomic E-state index is 14.7. The minimum atomic E-state index is -4.49. The van der Waals surface area contributed by atoms with Gasteiger partial charge in [-0.2, -0.15) is 0 Å². The van der Waals surface area contributed by atoms with Crippen LogP contribution in [0.5, 0.6) is 0 Å². The summed E-state index contributed by atoms with van der Waals surface area (Å²) >= 11 is 0. The van der Waals surface area contributed by atoms with Gasteiger partial charge in [0.15, 0.2) is 29.2 Å². The number of sulfone groups is 2. The third-order valence-electron chi connectivity index (χ3n) is 11.1. The van der Waals surface area contributed by atoms with Crippen LogP contribution in [-0.2, 0) is 48.3 Å². The Hall–Kier alpha value is -3.77. The van der Waals surface area contributed by atoms with Gasteiger partial charge in [0.05, 0.1) is 36.5 Å². The molecular formula is C36H40O10S2. The number of esters is 3. The average molecular weight is 697 g/mol. The normalized spacial score (nSPS) is 25.9. The van der Waals surface area contributed by atoms with Crippen molar-refractivity contribution in [1.82, 2.24) is 0 Å². The molecule has 0 saturated heterocycles. The van der Waals surface area contributed by atoms with Gasteiger partial charge in [0.2, 0.25) is 0 Å². The van der Waals surface area contributed by atoms with Crippen molar-refractivity contribution in [1.29, 1.82) is 0 Å². The molecule has 0 spiro atoms. The Kier molecular flexibility index (Phi) is 8.95. The molecule has 0 aromatic heterocycles. The summed E-state index contributed by atoms with van der Waals surface area (Å²) in [5, 5.41) is 0. The maximum atomic E-state index is 14.7. The fourth-order valence-corrected chi connectivity index (χ4v) is 13.8. The number of rotatable bonds is 8. The molecule has 0 bridgehead atoms. The van der Waals surface area contributed by atoms with Gasteiger partial charge in [0, 0.05) is 12.3 Å². The lowest BCUT2D eigenvalue weighted by molar-refractivity contribution is -0.169. The first-order chi connectivity index (χ1) is 22.9. The van der Waals surface area contributed by atoms with Gasteiger partial charge in [-0.25, -0.2) is 16.8 Å². The Morgan fingerprint density at radius 3 is 1.85 bits per heavy atom. The molecule has 0 N–H and O–H groups in total. The van der Waals surface area contributed by atoms with Crippen molar-refractivity contribution in [3.05, 3.63) is 83.5 Å². The fourth-order valence-electron chi connectivity index (χ4n) is 8.81. The number of hydrogen-bond donors (Lipinski definition) is 0. The molecular weight excluding hydrogens is 657 g/mol. The van der Waals surface area contributed by atoms with Crippen molar-refractivity contribution in [3.63, 3.8) is 0 Å². The number of benzene rings is 2. The molecule has 0 heterocycles. The third kappa shape index (κ3) is 5.05. The lowest BCUT2D eigenvalue weighted by Crippen LogP contribution is -2.50. The second-order valence-electron chi connectivity index (χ2n) is 13.1. The molecule has 12 heteroatoms. The first-order valence-corrected chi connectivity index (χ1v) is 19.2. The SMILES string of the molecule is CCOC(=O)[C@@H]1CC2=C(CCC3=CCC(S(=O)(=O)c4ccccc4)(S(=O)(=O)c4ccccc4)C[C@@H]32)[C@H]2CC(C(=O)OC)(C(=O)OC)C[C@H]21. The van der Waals surface area contributed by atoms with E-state index in [-0.39, 0.29) is 48.5 Å². The van der Waals surface area contributed by atoms with Gasteiger partial charge in [-0.15, -0.1) is 0 Å². The highest BCUT2D eigenvalue weighted by molar-refractivity contribution is 8.10. The van der Waals surface area contributed by atoms with E-state index >= 15 is 0 Å². The Balaban J connectivity index is 1.53. The second-order valence-corrected chi connectivity index (χ2v) is 17.9. The number of carbonyl (C=O) groups is 3. The first kappa shape index (κ1) is 34.1. The molecule has 4 atom stereocenters. The van der Waals surface area contributed by atoms with E-state index in [9.17, 15) is 31.2 Å². The smallest absolute Gasteiger partial charge is 0.323 e. The summed E-state index contributed by atoms with van der Waals surface area (Å²) in [6, 6.07) is 15.3. The third-order valence-corrected chi connectivity index (χ3v) is 16.8. The summed E-state index contributed by atoms with van der Waals surface area (Å²) in [5.41, 5.74) is 1.06. The maximum Gasteiger partial charge on any atom is 0.323 e. The van der Waals surface area contributed by atoms with E-state index in [2.05, 4.69) is 0 Å². The predicted molar refractivity (Wildman–Crippen MR) is 174 cm³/mol. The van der Waals surface area contributed by atoms with Crippen LogP contribution in [0.4, 0.5) is 0 Å². The lowest BCUT2D eigenvalue weighted by atomic mass is 9.61. The number of fused-ring (bicyclic) bond motifs is 4. The van der Waals surface area contributed by atoms with Crippen LogP contribution in [0.25, 0.3) is 0 Å². The van der Waals surface area contributed by atoms with Gasteiger partial charge >= 0.3 is 17.9 Å². The zero-order valence-electron chi connectivity index (χ0n) is 27.2. The molecule has 0 unspecified atom stereocenters. The number of allylic oxidation sites excluding steroid dienone is 4. The molecule has 1 fully saturated rings. The van der Waals surface area contributed by atoms with E-state index in [0.29, 0.717) is 12.8 Å². The number of carbonyl (C=O) groups excluding carboxylic acids is 3. The van der Waals surface area contributed by atoms with Gasteiger partial charge in [-0.3, -0.25) is 14.4 Å². The minimum Gasteiger partial charge on any atom is -0.468 e. The zero-order valence-corrected chi connectivity index (χ0v) is 28.8. The van der Waals surface area contributed by atoms with E-state index in [1.54, 1.807) is 49.4 Å². The molecule has 10 nitrogen and oxygen atoms in total. The zero-order chi connectivity index (χ0) is 34.5. The van der Waals surface area contributed by atoms with E-state index in [1.165, 1.54) is 38.5 Å². The van der Waals surface area contributed by atoms with Crippen LogP contribution in [0.1, 0.15) is 51.9 Å². The van der Waals surface area contributed by atoms with Crippen LogP contribution >= 0.6 is 0 Å². The summed E-state index contributed by atoms with van der Waals surface area (Å²) in [6.45, 7) is 1.82. The van der Waals surface area contributed by atoms with Gasteiger partial charge in [0.25, 0.3) is 0 Å². The molecule has 48 heavy (non-hydrogen) atoms. The topological polar surface area (TPSA) is 147 Å². The summed E-state index contributed by atoms with van der Waals surface area (Å²) in [5.74, 6) is -4.09. The highest BCUT2D eigenvalue weighted by Crippen LogP contribution is 2.62. The van der Waals surface area contributed by atoms with Crippen LogP contribution in [0, 0.1) is 29.1 Å². The highest BCUT2D eigenvalue weighted by Gasteiger charge is 2.64. The van der Waals surface area contributed by atoms with Crippen LogP contribution in [0.15, 0.2) is 93.2 Å². The molecule has 0 radical (unpaired) electrons. The van der Waals surface area contributed by atoms with E-state index in [4.69, 9.17) is 14.2 Å². The van der Waals surface area contributed by atoms with Crippen molar-refractivity contribution in [2.45, 2.75) is 65.7 Å². The Bertz CT molecular complexity index is 1810. The van der Waals surface area contributed by atoms with Gasteiger partial charge in [-0.1, -0.05) is 59.2 Å². The Morgan fingerprint density at radius 2 is 1.33 bits per heavy atom. The number of methoxy groups -OCH3 is 2. The summed E-state index contributed by atoms with van der Waals surface area (Å²) in [6.07, 6.45) is 2.75. The molecule has 0 amide bonds. The van der Waals surface area contributed by atoms with E-state index in [1.807, 2.05) is 0 Å². The van der Waals surface area contributed by atoms with Crippen LogP contribution < -0.4 is 0 Å². The van der Waals surface area contributed by atoms with Gasteiger partial charge < -0.3 is 14.2 Å². The molecule has 6 rings (SSSR count). The largest absolute Gasteiger partial charge is 0.468 e. The Morgan fingerprint density at radius 1 is 0.771 bits per heavy atom. The summed E-state index contributed by atoms with van der Waals surface area (Å²) in [7, 11) is -6.56. The summed E-state index contributed by atoms with van der Waals surface area (Å²) in [4.78, 5) is 39.9. The van der Waals surface area contributed by atoms with E-state index in [0.717, 1.165) is 16.7 Å². The van der Waals surface area contributed by atoms with Crippen molar-refractivity contribution >= 4 is 37.6 Å². The van der Waals surface area contributed by atoms with Gasteiger partial charge in [-0.05, 0) is 81.5 Å². The second kappa shape index (κ2) is 12.6. The lowest BCUT2D eigenvalue weighted by Gasteiger charge is -2.47. The molecule has 0 aliphatic heterocycles. The van der Waals surface area contributed by atoms with Crippen LogP contribution in [0.2, 0.25) is 0 Å². The van der Waals surface area contributed by atoms with Crippen molar-refractivity contribution < 1.29 is 45.4 Å².